The second kappa shape index (κ2) is 8.15. The van der Waals surface area contributed by atoms with Crippen molar-refractivity contribution < 1.29 is 0 Å². The number of fused-ring (bicyclic) bond motifs is 2. The van der Waals surface area contributed by atoms with E-state index < -0.39 is 0 Å². The lowest BCUT2D eigenvalue weighted by atomic mass is 9.82. The Morgan fingerprint density at radius 3 is 2.39 bits per heavy atom. The molecule has 7 unspecified atom stereocenters. The van der Waals surface area contributed by atoms with Crippen LogP contribution >= 0.6 is 22.6 Å². The third kappa shape index (κ3) is 3.84. The van der Waals surface area contributed by atoms with Gasteiger partial charge >= 0.3 is 0 Å². The Morgan fingerprint density at radius 2 is 1.83 bits per heavy atom. The van der Waals surface area contributed by atoms with E-state index in [0.29, 0.717) is 39.7 Å². The quantitative estimate of drug-likeness (QED) is 0.327. The molecule has 1 N–H and O–H groups in total. The van der Waals surface area contributed by atoms with Crippen molar-refractivity contribution >= 4 is 22.6 Å². The number of halogens is 1. The number of hydrogen-bond acceptors (Lipinski definition) is 1. The topological polar surface area (TPSA) is 12.0 Å². The molecule has 1 heterocycles. The maximum Gasteiger partial charge on any atom is 0.0338 e. The molecule has 9 atom stereocenters. The molecule has 1 saturated heterocycles. The minimum atomic E-state index is 0.372. The molecule has 2 rings (SSSR count). The molecule has 1 saturated carbocycles. The minimum absolute atomic E-state index is 0.372. The van der Waals surface area contributed by atoms with Crippen LogP contribution in [0, 0.1) is 35.5 Å². The van der Waals surface area contributed by atoms with Gasteiger partial charge in [0.1, 0.15) is 0 Å². The Morgan fingerprint density at radius 1 is 1.13 bits per heavy atom. The number of piperidine rings is 1. The van der Waals surface area contributed by atoms with E-state index in [2.05, 4.69) is 86.6 Å². The zero-order valence-electron chi connectivity index (χ0n) is 14.8. The molecule has 0 aromatic heterocycles. The molecule has 2 heteroatoms. The maximum absolute atomic E-state index is 4.16. The van der Waals surface area contributed by atoms with Crippen LogP contribution in [0.25, 0.3) is 0 Å². The summed E-state index contributed by atoms with van der Waals surface area (Å²) in [4.78, 5) is 0. The van der Waals surface area contributed by atoms with Gasteiger partial charge in [-0.1, -0.05) is 66.8 Å². The molecule has 0 amide bonds. The van der Waals surface area contributed by atoms with Crippen molar-refractivity contribution in [2.45, 2.75) is 43.2 Å². The summed E-state index contributed by atoms with van der Waals surface area (Å²) in [5, 5.41) is 3.87. The highest BCUT2D eigenvalue weighted by atomic mass is 127. The molecule has 23 heavy (non-hydrogen) atoms. The molecule has 2 fully saturated rings. The van der Waals surface area contributed by atoms with Gasteiger partial charge in [0.15, 0.2) is 0 Å². The van der Waals surface area contributed by atoms with Crippen molar-refractivity contribution in [2.24, 2.45) is 35.5 Å². The lowest BCUT2D eigenvalue weighted by Gasteiger charge is -2.34. The van der Waals surface area contributed by atoms with E-state index in [1.165, 1.54) is 6.42 Å². The van der Waals surface area contributed by atoms with Crippen molar-refractivity contribution in [3.8, 4) is 0 Å². The molecule has 0 radical (unpaired) electrons. The summed E-state index contributed by atoms with van der Waals surface area (Å²) < 4.78 is 0.519. The summed E-state index contributed by atoms with van der Waals surface area (Å²) in [6.45, 7) is 19.0. The van der Waals surface area contributed by atoms with Gasteiger partial charge in [-0.2, -0.15) is 0 Å². The van der Waals surface area contributed by atoms with Gasteiger partial charge in [-0.15, -0.1) is 19.7 Å². The number of nitrogens with one attached hydrogen (secondary N) is 1. The van der Waals surface area contributed by atoms with Crippen LogP contribution in [-0.4, -0.2) is 16.0 Å². The SMILES string of the molecule is C=CC(C)C(C=C)/C=C\C(I)[C@H]1C(C=C)C2CC(C)NC1[C@@H]2C. The fraction of sp³-hybridized carbons (Fsp3) is 0.619. The normalized spacial score (nSPS) is 40.5. The van der Waals surface area contributed by atoms with Gasteiger partial charge < -0.3 is 5.32 Å². The van der Waals surface area contributed by atoms with Crippen molar-refractivity contribution in [1.82, 2.24) is 5.32 Å². The monoisotopic (exact) mass is 425 g/mol. The number of hydrogen-bond donors (Lipinski definition) is 1. The fourth-order valence-electron chi connectivity index (χ4n) is 4.66. The third-order valence-electron chi connectivity index (χ3n) is 6.11. The van der Waals surface area contributed by atoms with Crippen LogP contribution < -0.4 is 5.32 Å². The van der Waals surface area contributed by atoms with E-state index in [1.807, 2.05) is 12.2 Å². The lowest BCUT2D eigenvalue weighted by Crippen LogP contribution is -2.48. The molecule has 0 aromatic carbocycles. The Balaban J connectivity index is 2.17. The van der Waals surface area contributed by atoms with Gasteiger partial charge in [-0.25, -0.2) is 0 Å². The van der Waals surface area contributed by atoms with Crippen molar-refractivity contribution in [1.29, 1.82) is 0 Å². The van der Waals surface area contributed by atoms with Gasteiger partial charge in [0.25, 0.3) is 0 Å². The van der Waals surface area contributed by atoms with Crippen LogP contribution in [0.2, 0.25) is 0 Å². The van der Waals surface area contributed by atoms with Crippen LogP contribution in [0.15, 0.2) is 50.1 Å². The zero-order valence-corrected chi connectivity index (χ0v) is 16.9. The summed E-state index contributed by atoms with van der Waals surface area (Å²) in [5.74, 6) is 3.59. The zero-order chi connectivity index (χ0) is 17.1. The number of rotatable bonds is 7. The fourth-order valence-corrected chi connectivity index (χ4v) is 5.83. The minimum Gasteiger partial charge on any atom is -0.311 e. The average Bonchev–Trinajstić information content (AvgIpc) is 2.70. The third-order valence-corrected chi connectivity index (χ3v) is 7.35. The predicted molar refractivity (Wildman–Crippen MR) is 111 cm³/mol. The lowest BCUT2D eigenvalue weighted by molar-refractivity contribution is 0.221. The molecular weight excluding hydrogens is 393 g/mol. The van der Waals surface area contributed by atoms with Crippen LogP contribution in [0.5, 0.6) is 0 Å². The first kappa shape index (κ1) is 19.0. The molecule has 1 aliphatic carbocycles. The first-order valence-corrected chi connectivity index (χ1v) is 10.1. The van der Waals surface area contributed by atoms with Gasteiger partial charge in [0.05, 0.1) is 0 Å². The Hall–Kier alpha value is -0.350. The predicted octanol–water partition coefficient (Wildman–Crippen LogP) is 5.41. The van der Waals surface area contributed by atoms with Crippen LogP contribution in [0.3, 0.4) is 0 Å². The Labute approximate surface area is 156 Å². The van der Waals surface area contributed by atoms with Crippen molar-refractivity contribution in [2.75, 3.05) is 0 Å². The number of allylic oxidation sites excluding steroid dienone is 5. The molecule has 1 nitrogen and oxygen atoms in total. The van der Waals surface area contributed by atoms with Gasteiger partial charge in [0, 0.05) is 21.9 Å². The standard InChI is InChI=1S/C21H32IN/c1-7-13(4)16(8-2)10-11-19(22)20-17(9-3)18-12-14(5)23-21(20)15(18)6/h7-11,13-21,23H,1-3,12H2,4-6H3/b11-10-/t13?,14?,15-,16?,17?,18?,19?,20-,21?/m1/s1. The summed E-state index contributed by atoms with van der Waals surface area (Å²) in [6, 6.07) is 1.24. The summed E-state index contributed by atoms with van der Waals surface area (Å²) in [7, 11) is 0. The highest BCUT2D eigenvalue weighted by Crippen LogP contribution is 2.50. The Bertz CT molecular complexity index is 468. The number of alkyl halides is 1. The van der Waals surface area contributed by atoms with Crippen molar-refractivity contribution in [3.63, 3.8) is 0 Å². The van der Waals surface area contributed by atoms with E-state index in [0.717, 1.165) is 11.8 Å². The second-order valence-electron chi connectivity index (χ2n) is 7.48. The molecule has 2 aliphatic rings. The van der Waals surface area contributed by atoms with E-state index in [4.69, 9.17) is 0 Å². The summed E-state index contributed by atoms with van der Waals surface area (Å²) in [6.07, 6.45) is 12.3. The smallest absolute Gasteiger partial charge is 0.0338 e. The molecule has 1 aliphatic heterocycles. The van der Waals surface area contributed by atoms with E-state index >= 15 is 0 Å². The van der Waals surface area contributed by atoms with E-state index in [-0.39, 0.29) is 0 Å². The van der Waals surface area contributed by atoms with E-state index in [9.17, 15) is 0 Å². The van der Waals surface area contributed by atoms with Gasteiger partial charge in [-0.05, 0) is 42.9 Å². The average molecular weight is 425 g/mol. The first-order chi connectivity index (χ1) is 10.9. The second-order valence-corrected chi connectivity index (χ2v) is 8.92. The summed E-state index contributed by atoms with van der Waals surface area (Å²) in [5.41, 5.74) is 0. The van der Waals surface area contributed by atoms with Crippen LogP contribution in [-0.2, 0) is 0 Å². The first-order valence-electron chi connectivity index (χ1n) is 8.90. The molecule has 0 spiro atoms. The molecule has 2 bridgehead atoms. The molecular formula is C21H32IN. The Kier molecular flexibility index (Phi) is 6.73. The van der Waals surface area contributed by atoms with Gasteiger partial charge in [-0.3, -0.25) is 0 Å². The molecule has 128 valence electrons. The highest BCUT2D eigenvalue weighted by molar-refractivity contribution is 14.1. The molecule has 0 aromatic rings. The summed E-state index contributed by atoms with van der Waals surface area (Å²) >= 11 is 2.63. The van der Waals surface area contributed by atoms with Gasteiger partial charge in [0.2, 0.25) is 0 Å². The van der Waals surface area contributed by atoms with Crippen LogP contribution in [0.4, 0.5) is 0 Å². The maximum atomic E-state index is 4.16. The van der Waals surface area contributed by atoms with Crippen LogP contribution in [0.1, 0.15) is 27.2 Å². The largest absolute Gasteiger partial charge is 0.311 e. The van der Waals surface area contributed by atoms with E-state index in [1.54, 1.807) is 0 Å². The highest BCUT2D eigenvalue weighted by Gasteiger charge is 2.51. The van der Waals surface area contributed by atoms with Crippen molar-refractivity contribution in [3.05, 3.63) is 50.1 Å².